The van der Waals surface area contributed by atoms with Crippen LogP contribution in [0.4, 0.5) is 0 Å². The van der Waals surface area contributed by atoms with E-state index in [1.54, 1.807) is 29.2 Å². The molecule has 0 saturated heterocycles. The van der Waals surface area contributed by atoms with Crippen molar-refractivity contribution in [3.63, 3.8) is 0 Å². The lowest BCUT2D eigenvalue weighted by Gasteiger charge is -2.22. The number of phenols is 1. The molecule has 2 aromatic carbocycles. The number of amides is 1. The minimum atomic E-state index is -0.0572. The number of para-hydroxylation sites is 1. The predicted molar refractivity (Wildman–Crippen MR) is 95.0 cm³/mol. The first kappa shape index (κ1) is 17.6. The number of phenolic OH excluding ortho intramolecular Hbond substituents is 1. The normalized spacial score (nSPS) is 10.2. The Hall–Kier alpha value is -2.75. The lowest BCUT2D eigenvalue weighted by atomic mass is 10.1. The highest BCUT2D eigenvalue weighted by atomic mass is 16.5. The van der Waals surface area contributed by atoms with Crippen molar-refractivity contribution in [2.75, 3.05) is 13.2 Å². The number of aromatic hydroxyl groups is 1. The van der Waals surface area contributed by atoms with E-state index >= 15 is 0 Å². The van der Waals surface area contributed by atoms with Gasteiger partial charge in [0, 0.05) is 18.7 Å². The molecule has 0 atom stereocenters. The Kier molecular flexibility index (Phi) is 6.43. The van der Waals surface area contributed by atoms with Crippen LogP contribution in [-0.4, -0.2) is 29.1 Å². The van der Waals surface area contributed by atoms with Gasteiger partial charge in [-0.2, -0.15) is 0 Å². The van der Waals surface area contributed by atoms with Crippen LogP contribution < -0.4 is 4.74 Å². The Balaban J connectivity index is 2.11. The van der Waals surface area contributed by atoms with Crippen molar-refractivity contribution in [1.29, 1.82) is 0 Å². The van der Waals surface area contributed by atoms with Gasteiger partial charge in [0.25, 0.3) is 0 Å². The van der Waals surface area contributed by atoms with E-state index in [-0.39, 0.29) is 18.1 Å². The quantitative estimate of drug-likeness (QED) is 0.755. The van der Waals surface area contributed by atoms with Gasteiger partial charge >= 0.3 is 0 Å². The second-order valence-corrected chi connectivity index (χ2v) is 5.45. The molecule has 0 aliphatic rings. The molecule has 2 aromatic rings. The highest BCUT2D eigenvalue weighted by Gasteiger charge is 2.15. The Labute approximate surface area is 143 Å². The molecule has 0 aliphatic heterocycles. The topological polar surface area (TPSA) is 49.8 Å². The second-order valence-electron chi connectivity index (χ2n) is 5.45. The third-order valence-electron chi connectivity index (χ3n) is 3.62. The van der Waals surface area contributed by atoms with Crippen LogP contribution in [0.15, 0.2) is 61.2 Å². The zero-order valence-electron chi connectivity index (χ0n) is 13.9. The number of carbonyl (C=O) groups is 1. The number of hydrogen-bond acceptors (Lipinski definition) is 3. The van der Waals surface area contributed by atoms with Gasteiger partial charge in [0.05, 0.1) is 13.0 Å². The van der Waals surface area contributed by atoms with Gasteiger partial charge in [-0.1, -0.05) is 36.4 Å². The van der Waals surface area contributed by atoms with Gasteiger partial charge in [-0.05, 0) is 30.7 Å². The largest absolute Gasteiger partial charge is 0.508 e. The molecule has 0 aliphatic carbocycles. The number of hydrogen-bond donors (Lipinski definition) is 1. The first-order chi connectivity index (χ1) is 11.6. The number of ether oxygens (including phenoxy) is 1. The molecule has 0 radical (unpaired) electrons. The Morgan fingerprint density at radius 2 is 2.04 bits per heavy atom. The van der Waals surface area contributed by atoms with Gasteiger partial charge in [-0.3, -0.25) is 4.79 Å². The van der Waals surface area contributed by atoms with E-state index in [9.17, 15) is 9.90 Å². The molecular weight excluding hydrogens is 302 g/mol. The summed E-state index contributed by atoms with van der Waals surface area (Å²) in [6.07, 6.45) is 1.86. The first-order valence-corrected chi connectivity index (χ1v) is 8.01. The summed E-state index contributed by atoms with van der Waals surface area (Å²) in [5, 5.41) is 9.85. The van der Waals surface area contributed by atoms with Crippen LogP contribution >= 0.6 is 0 Å². The van der Waals surface area contributed by atoms with E-state index < -0.39 is 0 Å². The van der Waals surface area contributed by atoms with Crippen molar-refractivity contribution in [1.82, 2.24) is 4.90 Å². The van der Waals surface area contributed by atoms with E-state index in [0.29, 0.717) is 25.3 Å². The lowest BCUT2D eigenvalue weighted by molar-refractivity contribution is -0.130. The predicted octanol–water partition coefficient (Wildman–Crippen LogP) is 3.55. The Bertz CT molecular complexity index is 697. The van der Waals surface area contributed by atoms with Crippen molar-refractivity contribution in [3.05, 3.63) is 72.3 Å². The summed E-state index contributed by atoms with van der Waals surface area (Å²) < 4.78 is 5.50. The van der Waals surface area contributed by atoms with E-state index in [1.165, 1.54) is 0 Å². The molecule has 2 rings (SSSR count). The molecule has 0 fully saturated rings. The first-order valence-electron chi connectivity index (χ1n) is 8.01. The van der Waals surface area contributed by atoms with Crippen molar-refractivity contribution in [3.8, 4) is 11.5 Å². The minimum Gasteiger partial charge on any atom is -0.508 e. The van der Waals surface area contributed by atoms with Gasteiger partial charge in [-0.15, -0.1) is 6.58 Å². The summed E-state index contributed by atoms with van der Waals surface area (Å²) in [4.78, 5) is 14.3. The maximum absolute atomic E-state index is 12.6. The van der Waals surface area contributed by atoms with E-state index in [0.717, 1.165) is 11.3 Å². The van der Waals surface area contributed by atoms with Gasteiger partial charge in [0.1, 0.15) is 11.5 Å². The summed E-state index contributed by atoms with van der Waals surface area (Å²) in [5.41, 5.74) is 1.62. The summed E-state index contributed by atoms with van der Waals surface area (Å²) in [7, 11) is 0. The zero-order chi connectivity index (χ0) is 17.4. The van der Waals surface area contributed by atoms with Crippen LogP contribution in [0.1, 0.15) is 18.1 Å². The average Bonchev–Trinajstić information content (AvgIpc) is 2.57. The molecular formula is C20H23NO3. The maximum atomic E-state index is 12.6. The molecule has 1 amide bonds. The third kappa shape index (κ3) is 4.88. The molecule has 4 heteroatoms. The third-order valence-corrected chi connectivity index (χ3v) is 3.62. The molecule has 0 heterocycles. The molecule has 0 unspecified atom stereocenters. The molecule has 24 heavy (non-hydrogen) atoms. The zero-order valence-corrected chi connectivity index (χ0v) is 13.9. The van der Waals surface area contributed by atoms with Gasteiger partial charge in [0.15, 0.2) is 0 Å². The molecule has 0 bridgehead atoms. The van der Waals surface area contributed by atoms with Crippen LogP contribution in [0.5, 0.6) is 11.5 Å². The Morgan fingerprint density at radius 1 is 1.25 bits per heavy atom. The summed E-state index contributed by atoms with van der Waals surface area (Å²) >= 11 is 0. The van der Waals surface area contributed by atoms with Gasteiger partial charge in [-0.25, -0.2) is 0 Å². The van der Waals surface area contributed by atoms with E-state index in [2.05, 4.69) is 6.58 Å². The fourth-order valence-corrected chi connectivity index (χ4v) is 2.47. The fraction of sp³-hybridized carbons (Fsp3) is 0.250. The van der Waals surface area contributed by atoms with Crippen LogP contribution in [-0.2, 0) is 17.8 Å². The van der Waals surface area contributed by atoms with Crippen molar-refractivity contribution in [2.24, 2.45) is 0 Å². The molecule has 126 valence electrons. The number of nitrogens with zero attached hydrogens (tertiary/aromatic N) is 1. The smallest absolute Gasteiger partial charge is 0.227 e. The fourth-order valence-electron chi connectivity index (χ4n) is 2.47. The summed E-state index contributed by atoms with van der Waals surface area (Å²) in [6, 6.07) is 14.6. The molecule has 0 aromatic heterocycles. The van der Waals surface area contributed by atoms with Crippen molar-refractivity contribution >= 4 is 5.91 Å². The maximum Gasteiger partial charge on any atom is 0.227 e. The van der Waals surface area contributed by atoms with Crippen LogP contribution in [0.25, 0.3) is 0 Å². The molecule has 4 nitrogen and oxygen atoms in total. The molecule has 0 spiro atoms. The van der Waals surface area contributed by atoms with Crippen LogP contribution in [0, 0.1) is 0 Å². The van der Waals surface area contributed by atoms with Gasteiger partial charge in [0.2, 0.25) is 5.91 Å². The average molecular weight is 325 g/mol. The molecule has 1 N–H and O–H groups in total. The number of rotatable bonds is 8. The second kappa shape index (κ2) is 8.77. The highest BCUT2D eigenvalue weighted by molar-refractivity contribution is 5.79. The SMILES string of the molecule is C=CCN(Cc1cccc(OCC)c1)C(=O)Cc1ccccc1O. The van der Waals surface area contributed by atoms with Crippen molar-refractivity contribution < 1.29 is 14.6 Å². The van der Waals surface area contributed by atoms with Crippen molar-refractivity contribution in [2.45, 2.75) is 19.9 Å². The number of carbonyl (C=O) groups excluding carboxylic acids is 1. The van der Waals surface area contributed by atoms with Crippen LogP contribution in [0.2, 0.25) is 0 Å². The Morgan fingerprint density at radius 3 is 2.75 bits per heavy atom. The highest BCUT2D eigenvalue weighted by Crippen LogP contribution is 2.19. The van der Waals surface area contributed by atoms with Gasteiger partial charge < -0.3 is 14.7 Å². The minimum absolute atomic E-state index is 0.0572. The monoisotopic (exact) mass is 325 g/mol. The van der Waals surface area contributed by atoms with E-state index in [1.807, 2.05) is 37.3 Å². The van der Waals surface area contributed by atoms with Crippen LogP contribution in [0.3, 0.4) is 0 Å². The van der Waals surface area contributed by atoms with E-state index in [4.69, 9.17) is 4.74 Å². The molecule has 0 saturated carbocycles. The summed E-state index contributed by atoms with van der Waals surface area (Å²) in [6.45, 7) is 7.19. The summed E-state index contributed by atoms with van der Waals surface area (Å²) in [5.74, 6) is 0.877. The standard InChI is InChI=1S/C20H23NO3/c1-3-12-21(15-16-8-7-10-18(13-16)24-4-2)20(23)14-17-9-5-6-11-19(17)22/h3,5-11,13,22H,1,4,12,14-15H2,2H3. The lowest BCUT2D eigenvalue weighted by Crippen LogP contribution is -2.32. The number of benzene rings is 2.